The number of rotatable bonds is 8. The molecule has 1 aliphatic carbocycles. The Morgan fingerprint density at radius 3 is 2.81 bits per heavy atom. The van der Waals surface area contributed by atoms with Gasteiger partial charge in [0.1, 0.15) is 0 Å². The number of nitrogens with one attached hydrogen (secondary N) is 3. The monoisotopic (exact) mass is 295 g/mol. The first kappa shape index (κ1) is 15.3. The number of methoxy groups -OCH3 is 1. The molecule has 0 bridgehead atoms. The Bertz CT molecular complexity index is 510. The molecule has 0 spiro atoms. The van der Waals surface area contributed by atoms with E-state index in [1.807, 2.05) is 0 Å². The second kappa shape index (κ2) is 7.07. The van der Waals surface area contributed by atoms with Crippen molar-refractivity contribution in [1.29, 1.82) is 0 Å². The van der Waals surface area contributed by atoms with Crippen molar-refractivity contribution in [3.05, 3.63) is 11.4 Å². The van der Waals surface area contributed by atoms with Gasteiger partial charge in [-0.3, -0.25) is 14.7 Å². The third-order valence-electron chi connectivity index (χ3n) is 3.30. The van der Waals surface area contributed by atoms with Crippen LogP contribution >= 0.6 is 0 Å². The molecule has 0 radical (unpaired) electrons. The molecule has 116 valence electrons. The summed E-state index contributed by atoms with van der Waals surface area (Å²) in [6, 6.07) is 0. The number of hydrogen-bond acceptors (Lipinski definition) is 5. The number of hydrogen-bond donors (Lipinski definition) is 4. The Kier molecular flexibility index (Phi) is 5.15. The summed E-state index contributed by atoms with van der Waals surface area (Å²) in [5.41, 5.74) is 7.38. The van der Waals surface area contributed by atoms with Crippen LogP contribution in [-0.2, 0) is 9.53 Å². The van der Waals surface area contributed by atoms with Gasteiger partial charge in [0.05, 0.1) is 18.0 Å². The second-order valence-corrected chi connectivity index (χ2v) is 5.02. The van der Waals surface area contributed by atoms with Crippen LogP contribution in [-0.4, -0.2) is 48.8 Å². The first-order valence-corrected chi connectivity index (χ1v) is 7.01. The Labute approximate surface area is 122 Å². The first-order chi connectivity index (χ1) is 10.1. The highest BCUT2D eigenvalue weighted by atomic mass is 16.5. The molecule has 0 aromatic carbocycles. The van der Waals surface area contributed by atoms with E-state index >= 15 is 0 Å². The van der Waals surface area contributed by atoms with Gasteiger partial charge in [-0.25, -0.2) is 0 Å². The Balaban J connectivity index is 1.73. The number of carbonyl (C=O) groups is 2. The smallest absolute Gasteiger partial charge is 0.273 e. The number of aromatic amines is 1. The maximum absolute atomic E-state index is 11.9. The van der Waals surface area contributed by atoms with Crippen molar-refractivity contribution < 1.29 is 14.3 Å². The van der Waals surface area contributed by atoms with E-state index in [2.05, 4.69) is 20.8 Å². The number of nitrogens with two attached hydrogens (primary N) is 1. The highest BCUT2D eigenvalue weighted by molar-refractivity contribution is 5.97. The van der Waals surface area contributed by atoms with E-state index in [1.54, 1.807) is 7.11 Å². The minimum atomic E-state index is -0.361. The zero-order valence-corrected chi connectivity index (χ0v) is 12.1. The van der Waals surface area contributed by atoms with E-state index in [9.17, 15) is 9.59 Å². The molecule has 2 rings (SSSR count). The van der Waals surface area contributed by atoms with Crippen LogP contribution in [0.15, 0.2) is 0 Å². The maximum Gasteiger partial charge on any atom is 0.273 e. The van der Waals surface area contributed by atoms with Gasteiger partial charge in [0.15, 0.2) is 5.69 Å². The van der Waals surface area contributed by atoms with Crippen LogP contribution in [0.4, 0.5) is 5.69 Å². The Hall–Kier alpha value is -2.09. The fourth-order valence-electron chi connectivity index (χ4n) is 1.97. The van der Waals surface area contributed by atoms with E-state index in [0.717, 1.165) is 18.5 Å². The summed E-state index contributed by atoms with van der Waals surface area (Å²) in [6.07, 6.45) is 2.36. The fraction of sp³-hybridized carbons (Fsp3) is 0.615. The second-order valence-electron chi connectivity index (χ2n) is 5.02. The average molecular weight is 295 g/mol. The van der Waals surface area contributed by atoms with Gasteiger partial charge in [0, 0.05) is 32.5 Å². The normalized spacial score (nSPS) is 14.0. The Morgan fingerprint density at radius 2 is 2.14 bits per heavy atom. The summed E-state index contributed by atoms with van der Waals surface area (Å²) in [7, 11) is 1.57. The summed E-state index contributed by atoms with van der Waals surface area (Å²) in [5.74, 6) is -0.0908. The van der Waals surface area contributed by atoms with Gasteiger partial charge in [-0.15, -0.1) is 0 Å². The molecule has 1 fully saturated rings. The van der Waals surface area contributed by atoms with Crippen molar-refractivity contribution in [2.45, 2.75) is 25.2 Å². The summed E-state index contributed by atoms with van der Waals surface area (Å²) in [6.45, 7) is 1.16. The van der Waals surface area contributed by atoms with E-state index < -0.39 is 0 Å². The van der Waals surface area contributed by atoms with Gasteiger partial charge in [-0.05, 0) is 12.8 Å². The van der Waals surface area contributed by atoms with Crippen molar-refractivity contribution >= 4 is 17.5 Å². The molecule has 1 aliphatic rings. The third kappa shape index (κ3) is 4.19. The molecule has 21 heavy (non-hydrogen) atoms. The molecule has 1 aromatic rings. The summed E-state index contributed by atoms with van der Waals surface area (Å²) < 4.78 is 4.82. The van der Waals surface area contributed by atoms with Crippen molar-refractivity contribution in [2.75, 3.05) is 32.5 Å². The van der Waals surface area contributed by atoms with Gasteiger partial charge in [-0.1, -0.05) is 0 Å². The molecular formula is C13H21N5O3. The van der Waals surface area contributed by atoms with Gasteiger partial charge in [-0.2, -0.15) is 5.10 Å². The molecule has 0 saturated heterocycles. The standard InChI is InChI=1S/C13H21N5O3/c1-21-7-6-15-9(19)4-5-16-13(20)12-10(14)11(17-18-12)8-2-3-8/h8H,2-7,14H2,1H3,(H,15,19)(H,16,20)(H,17,18). The molecule has 0 atom stereocenters. The maximum atomic E-state index is 11.9. The van der Waals surface area contributed by atoms with E-state index in [1.165, 1.54) is 0 Å². The van der Waals surface area contributed by atoms with Crippen molar-refractivity contribution in [3.63, 3.8) is 0 Å². The van der Waals surface area contributed by atoms with E-state index in [0.29, 0.717) is 24.8 Å². The number of nitrogen functional groups attached to an aromatic ring is 1. The highest BCUT2D eigenvalue weighted by Crippen LogP contribution is 2.42. The van der Waals surface area contributed by atoms with Gasteiger partial charge < -0.3 is 21.1 Å². The average Bonchev–Trinajstić information content (AvgIpc) is 3.22. The Morgan fingerprint density at radius 1 is 1.38 bits per heavy atom. The predicted molar refractivity (Wildman–Crippen MR) is 76.8 cm³/mol. The zero-order valence-electron chi connectivity index (χ0n) is 12.1. The largest absolute Gasteiger partial charge is 0.395 e. The molecule has 1 heterocycles. The van der Waals surface area contributed by atoms with Crippen LogP contribution in [0.25, 0.3) is 0 Å². The minimum absolute atomic E-state index is 0.138. The third-order valence-corrected chi connectivity index (χ3v) is 3.30. The summed E-state index contributed by atoms with van der Waals surface area (Å²) >= 11 is 0. The van der Waals surface area contributed by atoms with Crippen molar-refractivity contribution in [1.82, 2.24) is 20.8 Å². The van der Waals surface area contributed by atoms with Crippen molar-refractivity contribution in [3.8, 4) is 0 Å². The molecule has 0 unspecified atom stereocenters. The SMILES string of the molecule is COCCNC(=O)CCNC(=O)c1n[nH]c(C2CC2)c1N. The molecule has 5 N–H and O–H groups in total. The molecule has 8 heteroatoms. The van der Waals surface area contributed by atoms with E-state index in [-0.39, 0.29) is 30.5 Å². The lowest BCUT2D eigenvalue weighted by atomic mass is 10.2. The van der Waals surface area contributed by atoms with Crippen LogP contribution in [0, 0.1) is 0 Å². The lowest BCUT2D eigenvalue weighted by Gasteiger charge is -2.05. The molecule has 1 saturated carbocycles. The minimum Gasteiger partial charge on any atom is -0.395 e. The number of carbonyl (C=O) groups excluding carboxylic acids is 2. The number of aromatic nitrogens is 2. The van der Waals surface area contributed by atoms with Crippen LogP contribution in [0.1, 0.15) is 41.4 Å². The molecule has 2 amide bonds. The van der Waals surface area contributed by atoms with Gasteiger partial charge in [0.2, 0.25) is 5.91 Å². The number of amides is 2. The molecule has 8 nitrogen and oxygen atoms in total. The molecule has 1 aromatic heterocycles. The van der Waals surface area contributed by atoms with Crippen LogP contribution in [0.5, 0.6) is 0 Å². The highest BCUT2D eigenvalue weighted by Gasteiger charge is 2.30. The number of H-pyrrole nitrogens is 1. The molecule has 0 aliphatic heterocycles. The quantitative estimate of drug-likeness (QED) is 0.493. The van der Waals surface area contributed by atoms with Crippen LogP contribution in [0.3, 0.4) is 0 Å². The van der Waals surface area contributed by atoms with Crippen LogP contribution < -0.4 is 16.4 Å². The van der Waals surface area contributed by atoms with Crippen molar-refractivity contribution in [2.24, 2.45) is 0 Å². The van der Waals surface area contributed by atoms with E-state index in [4.69, 9.17) is 10.5 Å². The topological polar surface area (TPSA) is 122 Å². The number of anilines is 1. The summed E-state index contributed by atoms with van der Waals surface area (Å²) in [5, 5.41) is 12.1. The zero-order chi connectivity index (χ0) is 15.2. The predicted octanol–water partition coefficient (Wildman–Crippen LogP) is -0.248. The lowest BCUT2D eigenvalue weighted by Crippen LogP contribution is -2.32. The van der Waals surface area contributed by atoms with Gasteiger partial charge >= 0.3 is 0 Å². The first-order valence-electron chi connectivity index (χ1n) is 7.01. The summed E-state index contributed by atoms with van der Waals surface area (Å²) in [4.78, 5) is 23.4. The number of ether oxygens (including phenoxy) is 1. The van der Waals surface area contributed by atoms with Crippen LogP contribution in [0.2, 0.25) is 0 Å². The number of nitrogens with zero attached hydrogens (tertiary/aromatic N) is 1. The molecular weight excluding hydrogens is 274 g/mol. The fourth-order valence-corrected chi connectivity index (χ4v) is 1.97. The lowest BCUT2D eigenvalue weighted by molar-refractivity contribution is -0.121. The van der Waals surface area contributed by atoms with Gasteiger partial charge in [0.25, 0.3) is 5.91 Å².